The second-order valence-electron chi connectivity index (χ2n) is 6.61. The van der Waals surface area contributed by atoms with Gasteiger partial charge < -0.3 is 5.11 Å². The molecule has 29 heavy (non-hydrogen) atoms. The molecule has 1 N–H and O–H groups in total. The molecule has 0 aliphatic carbocycles. The van der Waals surface area contributed by atoms with Crippen LogP contribution in [0.3, 0.4) is 0 Å². The molecule has 0 radical (unpaired) electrons. The highest BCUT2D eigenvalue weighted by molar-refractivity contribution is 5.94. The van der Waals surface area contributed by atoms with Crippen LogP contribution >= 0.6 is 0 Å². The summed E-state index contributed by atoms with van der Waals surface area (Å²) in [5.41, 5.74) is 4.31. The molecule has 4 heterocycles. The Labute approximate surface area is 163 Å². The van der Waals surface area contributed by atoms with Crippen molar-refractivity contribution >= 4 is 22.2 Å². The predicted octanol–water partition coefficient (Wildman–Crippen LogP) is 2.27. The average molecular weight is 382 g/mol. The molecule has 0 atom stereocenters. The van der Waals surface area contributed by atoms with E-state index in [1.165, 1.54) is 0 Å². The van der Waals surface area contributed by atoms with Crippen LogP contribution in [0.25, 0.3) is 39.4 Å². The lowest BCUT2D eigenvalue weighted by atomic mass is 10.2. The summed E-state index contributed by atoms with van der Waals surface area (Å²) in [5.74, 6) is 0.502. The van der Waals surface area contributed by atoms with Crippen LogP contribution in [0.4, 0.5) is 0 Å². The normalized spacial score (nSPS) is 11.8. The second-order valence-corrected chi connectivity index (χ2v) is 6.61. The maximum Gasteiger partial charge on any atom is 0.192 e. The number of aliphatic hydroxyl groups is 1. The minimum Gasteiger partial charge on any atom is -0.390 e. The average Bonchev–Trinajstić information content (AvgIpc) is 3.51. The van der Waals surface area contributed by atoms with Crippen LogP contribution in [0, 0.1) is 0 Å². The number of benzene rings is 2. The van der Waals surface area contributed by atoms with Crippen LogP contribution in [-0.2, 0) is 6.61 Å². The highest BCUT2D eigenvalue weighted by atomic mass is 16.3. The van der Waals surface area contributed by atoms with Crippen molar-refractivity contribution in [2.24, 2.45) is 0 Å². The largest absolute Gasteiger partial charge is 0.390 e. The van der Waals surface area contributed by atoms with E-state index in [9.17, 15) is 5.11 Å². The number of aliphatic hydroxyl groups excluding tert-OH is 1. The van der Waals surface area contributed by atoms with Gasteiger partial charge in [-0.25, -0.2) is 9.67 Å². The summed E-state index contributed by atoms with van der Waals surface area (Å²) in [6.07, 6.45) is 3.52. The Morgan fingerprint density at radius 1 is 0.897 bits per heavy atom. The van der Waals surface area contributed by atoms with Crippen molar-refractivity contribution in [3.63, 3.8) is 0 Å². The fraction of sp³-hybridized carbons (Fsp3) is 0.0500. The maximum atomic E-state index is 10.1. The van der Waals surface area contributed by atoms with Gasteiger partial charge >= 0.3 is 0 Å². The van der Waals surface area contributed by atoms with Gasteiger partial charge in [0.25, 0.3) is 0 Å². The van der Waals surface area contributed by atoms with Crippen molar-refractivity contribution in [1.82, 2.24) is 39.0 Å². The Hall–Kier alpha value is -4.11. The smallest absolute Gasteiger partial charge is 0.192 e. The van der Waals surface area contributed by atoms with Crippen molar-refractivity contribution in [3.05, 3.63) is 72.8 Å². The van der Waals surface area contributed by atoms with Crippen LogP contribution < -0.4 is 0 Å². The molecule has 0 saturated carbocycles. The number of hydrogen-bond donors (Lipinski definition) is 1. The van der Waals surface area contributed by atoms with Gasteiger partial charge in [0.2, 0.25) is 0 Å². The standard InChI is InChI=1S/C20H14N8O/c29-11-16-18(22-25-28(16)13-6-2-1-3-7-13)20-24-23-19-14-8-4-5-9-15(14)26-12-21-10-17(26)27(19)20/h1-10,12,29H,11H2. The van der Waals surface area contributed by atoms with Gasteiger partial charge in [-0.1, -0.05) is 35.5 Å². The van der Waals surface area contributed by atoms with Gasteiger partial charge in [-0.05, 0) is 24.3 Å². The summed E-state index contributed by atoms with van der Waals surface area (Å²) in [6.45, 7) is -0.241. The van der Waals surface area contributed by atoms with Crippen molar-refractivity contribution < 1.29 is 5.11 Å². The minimum atomic E-state index is -0.241. The van der Waals surface area contributed by atoms with Crippen molar-refractivity contribution in [2.75, 3.05) is 0 Å². The molecule has 0 unspecified atom stereocenters. The SMILES string of the molecule is OCc1c(-c2nnc3c4ccccc4n4cncc4n23)nnn1-c1ccccc1. The summed E-state index contributed by atoms with van der Waals surface area (Å²) in [7, 11) is 0. The zero-order valence-corrected chi connectivity index (χ0v) is 15.1. The number of imidazole rings is 1. The van der Waals surface area contributed by atoms with Gasteiger partial charge in [0.15, 0.2) is 17.2 Å². The van der Waals surface area contributed by atoms with E-state index in [4.69, 9.17) is 0 Å². The van der Waals surface area contributed by atoms with Gasteiger partial charge in [0.05, 0.1) is 24.0 Å². The zero-order chi connectivity index (χ0) is 19.4. The molecule has 6 rings (SSSR count). The van der Waals surface area contributed by atoms with Crippen molar-refractivity contribution in [3.8, 4) is 17.2 Å². The van der Waals surface area contributed by atoms with Crippen molar-refractivity contribution in [1.29, 1.82) is 0 Å². The molecule has 0 aliphatic heterocycles. The first-order valence-corrected chi connectivity index (χ1v) is 9.06. The monoisotopic (exact) mass is 382 g/mol. The molecule has 2 aromatic carbocycles. The van der Waals surface area contributed by atoms with Gasteiger partial charge in [0.1, 0.15) is 17.7 Å². The molecule has 0 bridgehead atoms. The van der Waals surface area contributed by atoms with E-state index in [0.29, 0.717) is 22.9 Å². The Bertz CT molecular complexity index is 1500. The molecule has 0 fully saturated rings. The topological polar surface area (TPSA) is 98.4 Å². The van der Waals surface area contributed by atoms with Crippen LogP contribution in [0.15, 0.2) is 67.1 Å². The van der Waals surface area contributed by atoms with E-state index in [1.54, 1.807) is 17.2 Å². The first-order valence-electron chi connectivity index (χ1n) is 9.06. The number of aromatic nitrogens is 8. The fourth-order valence-corrected chi connectivity index (χ4v) is 3.73. The number of nitrogens with zero attached hydrogens (tertiary/aromatic N) is 8. The molecular formula is C20H14N8O. The highest BCUT2D eigenvalue weighted by Gasteiger charge is 2.22. The lowest BCUT2D eigenvalue weighted by Gasteiger charge is -2.07. The molecule has 9 heteroatoms. The molecule has 6 aromatic rings. The third-order valence-electron chi connectivity index (χ3n) is 5.04. The molecule has 4 aromatic heterocycles. The van der Waals surface area contributed by atoms with Crippen molar-refractivity contribution in [2.45, 2.75) is 6.61 Å². The summed E-state index contributed by atoms with van der Waals surface area (Å²) in [5, 5.41) is 28.4. The minimum absolute atomic E-state index is 0.241. The second kappa shape index (κ2) is 5.94. The number of hydrogen-bond acceptors (Lipinski definition) is 6. The van der Waals surface area contributed by atoms with Gasteiger partial charge in [-0.3, -0.25) is 8.80 Å². The van der Waals surface area contributed by atoms with E-state index in [0.717, 1.165) is 22.2 Å². The highest BCUT2D eigenvalue weighted by Crippen LogP contribution is 2.28. The van der Waals surface area contributed by atoms with Gasteiger partial charge in [0, 0.05) is 5.39 Å². The fourth-order valence-electron chi connectivity index (χ4n) is 3.73. The Balaban J connectivity index is 1.69. The lowest BCUT2D eigenvalue weighted by Crippen LogP contribution is -2.04. The third-order valence-corrected chi connectivity index (χ3v) is 5.04. The van der Waals surface area contributed by atoms with E-state index < -0.39 is 0 Å². The quantitative estimate of drug-likeness (QED) is 0.504. The molecular weight excluding hydrogens is 368 g/mol. The number of fused-ring (bicyclic) bond motifs is 6. The van der Waals surface area contributed by atoms with Crippen LogP contribution in [-0.4, -0.2) is 44.1 Å². The molecule has 0 aliphatic rings. The number of para-hydroxylation sites is 2. The Kier molecular flexibility index (Phi) is 3.26. The van der Waals surface area contributed by atoms with E-state index in [1.807, 2.05) is 63.4 Å². The summed E-state index contributed by atoms with van der Waals surface area (Å²) >= 11 is 0. The Morgan fingerprint density at radius 3 is 2.59 bits per heavy atom. The third kappa shape index (κ3) is 2.15. The number of rotatable bonds is 3. The summed E-state index contributed by atoms with van der Waals surface area (Å²) in [6, 6.07) is 17.5. The molecule has 0 saturated heterocycles. The van der Waals surface area contributed by atoms with E-state index in [2.05, 4.69) is 25.5 Å². The van der Waals surface area contributed by atoms with E-state index in [-0.39, 0.29) is 6.61 Å². The van der Waals surface area contributed by atoms with Crippen LogP contribution in [0.5, 0.6) is 0 Å². The van der Waals surface area contributed by atoms with Gasteiger partial charge in [-0.15, -0.1) is 15.3 Å². The zero-order valence-electron chi connectivity index (χ0n) is 15.1. The molecule has 0 spiro atoms. The molecule has 140 valence electrons. The summed E-state index contributed by atoms with van der Waals surface area (Å²) in [4.78, 5) is 4.31. The first-order chi connectivity index (χ1) is 14.4. The Morgan fingerprint density at radius 2 is 1.72 bits per heavy atom. The first kappa shape index (κ1) is 15.9. The van der Waals surface area contributed by atoms with Crippen LogP contribution in [0.1, 0.15) is 5.69 Å². The van der Waals surface area contributed by atoms with E-state index >= 15 is 0 Å². The lowest BCUT2D eigenvalue weighted by molar-refractivity contribution is 0.273. The predicted molar refractivity (Wildman–Crippen MR) is 106 cm³/mol. The summed E-state index contributed by atoms with van der Waals surface area (Å²) < 4.78 is 5.49. The van der Waals surface area contributed by atoms with Crippen LogP contribution in [0.2, 0.25) is 0 Å². The van der Waals surface area contributed by atoms with Gasteiger partial charge in [-0.2, -0.15) is 0 Å². The molecule has 0 amide bonds. The molecule has 9 nitrogen and oxygen atoms in total. The maximum absolute atomic E-state index is 10.1.